The largest absolute Gasteiger partial charge is 0.343 e. The Morgan fingerprint density at radius 3 is 1.53 bits per heavy atom. The summed E-state index contributed by atoms with van der Waals surface area (Å²) in [4.78, 5) is 42.3. The van der Waals surface area contributed by atoms with Gasteiger partial charge in [0.1, 0.15) is 12.1 Å². The van der Waals surface area contributed by atoms with Gasteiger partial charge in [0.2, 0.25) is 43.8 Å². The molecule has 2 fully saturated rings. The number of nitrogens with two attached hydrogens (primary N) is 1. The molecule has 2 aliphatic rings. The number of nitrogens with one attached hydrogen (secondary N) is 3. The highest BCUT2D eigenvalue weighted by Gasteiger charge is 2.34. The maximum atomic E-state index is 12.9. The van der Waals surface area contributed by atoms with Gasteiger partial charge in [-0.3, -0.25) is 19.4 Å². The number of piperazine rings is 2. The number of nitrogens with zero attached hydrogens (tertiary/aromatic N) is 10. The fraction of sp³-hybridized carbons (Fsp3) is 0.321. The van der Waals surface area contributed by atoms with E-state index in [4.69, 9.17) is 10.2 Å². The quantitative estimate of drug-likeness (QED) is 0.100. The molecule has 20 nitrogen and oxygen atoms in total. The first-order valence-electron chi connectivity index (χ1n) is 25.4. The van der Waals surface area contributed by atoms with Gasteiger partial charge >= 0.3 is 0 Å². The molecule has 4 aromatic carbocycles. The van der Waals surface area contributed by atoms with Gasteiger partial charge in [0, 0.05) is 68.3 Å². The summed E-state index contributed by atoms with van der Waals surface area (Å²) >= 11 is 0. The van der Waals surface area contributed by atoms with Gasteiger partial charge in [0.15, 0.2) is 0 Å². The molecule has 78 heavy (non-hydrogen) atoms. The Balaban J connectivity index is 0.000000190. The Kier molecular flexibility index (Phi) is 15.1. The van der Waals surface area contributed by atoms with E-state index in [1.165, 1.54) is 6.07 Å². The van der Waals surface area contributed by atoms with E-state index >= 15 is 0 Å². The number of sulfonamides is 2. The lowest BCUT2D eigenvalue weighted by Crippen LogP contribution is -2.48. The maximum absolute atomic E-state index is 12.9. The van der Waals surface area contributed by atoms with Crippen molar-refractivity contribution >= 4 is 66.2 Å². The van der Waals surface area contributed by atoms with Crippen LogP contribution in [0.2, 0.25) is 0 Å². The van der Waals surface area contributed by atoms with Crippen molar-refractivity contribution in [3.8, 4) is 22.5 Å². The van der Waals surface area contributed by atoms with Crippen LogP contribution in [0.5, 0.6) is 0 Å². The van der Waals surface area contributed by atoms with Crippen molar-refractivity contribution in [2.45, 2.75) is 74.4 Å². The third-order valence-electron chi connectivity index (χ3n) is 13.7. The van der Waals surface area contributed by atoms with Gasteiger partial charge in [0.25, 0.3) is 0 Å². The van der Waals surface area contributed by atoms with Gasteiger partial charge in [-0.25, -0.2) is 45.7 Å². The number of aromatic nitrogens is 6. The van der Waals surface area contributed by atoms with Crippen molar-refractivity contribution in [2.24, 2.45) is 5.14 Å². The monoisotopic (exact) mass is 1090 g/mol. The van der Waals surface area contributed by atoms with Crippen LogP contribution in [0.3, 0.4) is 0 Å². The first-order valence-corrected chi connectivity index (χ1v) is 28.4. The zero-order valence-corrected chi connectivity index (χ0v) is 47.1. The van der Waals surface area contributed by atoms with Gasteiger partial charge in [-0.15, -0.1) is 10.2 Å². The van der Waals surface area contributed by atoms with Crippen LogP contribution >= 0.6 is 0 Å². The number of amides is 2. The summed E-state index contributed by atoms with van der Waals surface area (Å²) in [6.07, 6.45) is 3.42. The molecule has 0 bridgehead atoms. The predicted octanol–water partition coefficient (Wildman–Crippen LogP) is 7.19. The van der Waals surface area contributed by atoms with E-state index in [0.717, 1.165) is 76.7 Å². The molecule has 4 aromatic heterocycles. The first-order chi connectivity index (χ1) is 36.8. The summed E-state index contributed by atoms with van der Waals surface area (Å²) in [5.74, 6) is 0.929. The van der Waals surface area contributed by atoms with Crippen molar-refractivity contribution in [1.82, 2.24) is 53.5 Å². The Morgan fingerprint density at radius 2 is 1.05 bits per heavy atom. The van der Waals surface area contributed by atoms with E-state index in [1.807, 2.05) is 134 Å². The number of likely N-dealkylation sites (N-methyl/N-ethyl adjacent to an activating group) is 4. The average molecular weight is 1100 g/mol. The maximum Gasteiger partial charge on any atom is 0.245 e. The normalized spacial score (nSPS) is 17.1. The second-order valence-corrected chi connectivity index (χ2v) is 25.1. The van der Waals surface area contributed by atoms with E-state index < -0.39 is 31.0 Å². The standard InChI is InChI=1S/2C28H33N7O3S/c1-28(2,3)32-39(37,38)23-8-6-7-20(17-23)24-14-13-22-18-29-27(31-35(22)24)30-21-11-9-19(10-12-21)25-26(36)34(5)16-15-33(25)4;1-28(2,3)24-21(7-6-8-23(24)39(29,37)38)22-14-13-20-17-30-27(32-35(20)22)31-19-11-9-18(10-12-19)25-26(36)34(5)16-15-33(25)4/h6-14,17-18,25,32H,15-16H2,1-5H3,(H,30,31);6-14,17,25H,15-16H2,1-5H3,(H,31,32)(H2,29,37,38). The second kappa shape index (κ2) is 21.3. The molecule has 0 saturated carbocycles. The van der Waals surface area contributed by atoms with Crippen molar-refractivity contribution < 1.29 is 26.4 Å². The molecule has 0 spiro atoms. The molecule has 2 atom stereocenters. The van der Waals surface area contributed by atoms with Crippen LogP contribution in [-0.2, 0) is 35.1 Å². The smallest absolute Gasteiger partial charge is 0.245 e. The number of primary sulfonamides is 1. The number of hydrogen-bond acceptors (Lipinski definition) is 14. The molecule has 0 aliphatic carbocycles. The molecule has 2 amide bonds. The Labute approximate surface area is 455 Å². The summed E-state index contributed by atoms with van der Waals surface area (Å²) in [6.45, 7) is 14.4. The zero-order chi connectivity index (χ0) is 56.1. The van der Waals surface area contributed by atoms with Crippen LogP contribution < -0.4 is 20.5 Å². The molecule has 2 unspecified atom stereocenters. The van der Waals surface area contributed by atoms with Crippen LogP contribution in [0.4, 0.5) is 23.3 Å². The minimum Gasteiger partial charge on any atom is -0.343 e. The van der Waals surface area contributed by atoms with Gasteiger partial charge in [-0.1, -0.05) is 69.3 Å². The molecule has 408 valence electrons. The summed E-state index contributed by atoms with van der Waals surface area (Å²) < 4.78 is 56.8. The van der Waals surface area contributed by atoms with Gasteiger partial charge in [0.05, 0.1) is 44.6 Å². The van der Waals surface area contributed by atoms with E-state index in [0.29, 0.717) is 23.0 Å². The number of benzene rings is 4. The van der Waals surface area contributed by atoms with Crippen molar-refractivity contribution in [2.75, 3.05) is 65.0 Å². The molecule has 22 heteroatoms. The van der Waals surface area contributed by atoms with Crippen molar-refractivity contribution in [1.29, 1.82) is 0 Å². The molecule has 5 N–H and O–H groups in total. The van der Waals surface area contributed by atoms with Crippen LogP contribution in [0, 0.1) is 0 Å². The number of anilines is 4. The van der Waals surface area contributed by atoms with E-state index in [2.05, 4.69) is 40.2 Å². The van der Waals surface area contributed by atoms with Crippen LogP contribution in [0.1, 0.15) is 70.3 Å². The summed E-state index contributed by atoms with van der Waals surface area (Å²) in [7, 11) is -0.0336. The van der Waals surface area contributed by atoms with Gasteiger partial charge in [-0.05, 0) is 124 Å². The molecule has 8 aromatic rings. The second-order valence-electron chi connectivity index (χ2n) is 21.9. The van der Waals surface area contributed by atoms with Crippen LogP contribution in [0.25, 0.3) is 33.5 Å². The first kappa shape index (κ1) is 55.2. The van der Waals surface area contributed by atoms with Crippen molar-refractivity contribution in [3.05, 3.63) is 144 Å². The number of fused-ring (bicyclic) bond motifs is 2. The number of hydrogen-bond donors (Lipinski definition) is 4. The molecule has 2 saturated heterocycles. The predicted molar refractivity (Wildman–Crippen MR) is 302 cm³/mol. The number of carbonyl (C=O) groups excluding carboxylic acids is 2. The molecular weight excluding hydrogens is 1030 g/mol. The van der Waals surface area contributed by atoms with Gasteiger partial charge in [-0.2, -0.15) is 0 Å². The third kappa shape index (κ3) is 11.8. The fourth-order valence-corrected chi connectivity index (χ4v) is 12.3. The van der Waals surface area contributed by atoms with E-state index in [9.17, 15) is 26.4 Å². The minimum atomic E-state index is -3.94. The van der Waals surface area contributed by atoms with E-state index in [1.54, 1.807) is 76.3 Å². The summed E-state index contributed by atoms with van der Waals surface area (Å²) in [6, 6.07) is 34.3. The number of carbonyl (C=O) groups is 2. The van der Waals surface area contributed by atoms with Crippen molar-refractivity contribution in [3.63, 3.8) is 0 Å². The van der Waals surface area contributed by atoms with Crippen LogP contribution in [0.15, 0.2) is 137 Å². The lowest BCUT2D eigenvalue weighted by molar-refractivity contribution is -0.140. The highest BCUT2D eigenvalue weighted by Crippen LogP contribution is 2.38. The minimum absolute atomic E-state index is 0.0829. The lowest BCUT2D eigenvalue weighted by Gasteiger charge is -2.37. The zero-order valence-electron chi connectivity index (χ0n) is 45.4. The molecule has 10 rings (SSSR count). The number of rotatable bonds is 11. The highest BCUT2D eigenvalue weighted by molar-refractivity contribution is 7.89. The molecule has 6 heterocycles. The SMILES string of the molecule is CN1CCN(C)C(c2ccc(Nc3ncc4ccc(-c5cccc(S(=O)(=O)NC(C)(C)C)c5)n4n3)cc2)C1=O.CN1CCN(C)C(c2ccc(Nc3ncc4ccc(-c5cccc(S(N)(=O)=O)c5C(C)(C)C)n4n3)cc2)C1=O. The van der Waals surface area contributed by atoms with E-state index in [-0.39, 0.29) is 33.7 Å². The van der Waals surface area contributed by atoms with Crippen LogP contribution in [-0.4, -0.2) is 137 Å². The molecule has 0 radical (unpaired) electrons. The topological polar surface area (TPSA) is 238 Å². The Bertz CT molecular complexity index is 3780. The summed E-state index contributed by atoms with van der Waals surface area (Å²) in [5.41, 5.74) is 7.39. The Morgan fingerprint density at radius 1 is 0.577 bits per heavy atom. The fourth-order valence-electron chi connectivity index (χ4n) is 9.82. The Hall–Kier alpha value is -7.60. The highest BCUT2D eigenvalue weighted by atomic mass is 32.2. The lowest BCUT2D eigenvalue weighted by atomic mass is 9.83. The average Bonchev–Trinajstić information content (AvgIpc) is 4.08. The van der Waals surface area contributed by atoms with Gasteiger partial charge < -0.3 is 20.4 Å². The summed E-state index contributed by atoms with van der Waals surface area (Å²) in [5, 5.41) is 21.4. The third-order valence-corrected chi connectivity index (χ3v) is 16.4. The molecule has 2 aliphatic heterocycles. The molecular formula is C56H66N14O6S2.